The van der Waals surface area contributed by atoms with Gasteiger partial charge in [0.25, 0.3) is 11.6 Å². The summed E-state index contributed by atoms with van der Waals surface area (Å²) >= 11 is 0. The number of anilines is 1. The van der Waals surface area contributed by atoms with Crippen LogP contribution in [0.2, 0.25) is 0 Å². The van der Waals surface area contributed by atoms with Crippen molar-refractivity contribution in [3.05, 3.63) is 69.8 Å². The first-order chi connectivity index (χ1) is 12.8. The van der Waals surface area contributed by atoms with Gasteiger partial charge >= 0.3 is 0 Å². The summed E-state index contributed by atoms with van der Waals surface area (Å²) in [5.74, 6) is -3.00. The lowest BCUT2D eigenvalue weighted by molar-refractivity contribution is -0.384. The lowest BCUT2D eigenvalue weighted by Gasteiger charge is -2.06. The molecule has 0 saturated heterocycles. The van der Waals surface area contributed by atoms with Gasteiger partial charge in [0.15, 0.2) is 0 Å². The minimum absolute atomic E-state index is 0.0265. The quantitative estimate of drug-likeness (QED) is 0.458. The van der Waals surface area contributed by atoms with Crippen LogP contribution in [-0.4, -0.2) is 22.4 Å². The number of carbonyl (C=O) groups is 2. The normalized spacial score (nSPS) is 11.0. The molecule has 0 aliphatic rings. The molecule has 0 unspecified atom stereocenters. The van der Waals surface area contributed by atoms with Crippen molar-refractivity contribution in [3.8, 4) is 0 Å². The number of non-ortho nitro benzene ring substituents is 1. The van der Waals surface area contributed by atoms with E-state index in [1.807, 2.05) is 0 Å². The molecule has 2 aromatic carbocycles. The van der Waals surface area contributed by atoms with Crippen LogP contribution in [0.25, 0.3) is 0 Å². The highest BCUT2D eigenvalue weighted by molar-refractivity contribution is 6.06. The molecule has 0 fully saturated rings. The van der Waals surface area contributed by atoms with Gasteiger partial charge in [-0.1, -0.05) is 6.07 Å². The van der Waals surface area contributed by atoms with Gasteiger partial charge in [-0.25, -0.2) is 14.2 Å². The molecule has 27 heavy (non-hydrogen) atoms. The minimum Gasteiger partial charge on any atom is -0.323 e. The molecule has 0 heterocycles. The SMILES string of the molecule is C/C(CC(=O)Nc1ccc(F)cc1F)=N/NC(=O)c1cccc([N+](=O)[O-])c1. The highest BCUT2D eigenvalue weighted by Crippen LogP contribution is 2.15. The van der Waals surface area contributed by atoms with E-state index in [0.717, 1.165) is 18.2 Å². The second kappa shape index (κ2) is 8.61. The molecule has 0 aliphatic heterocycles. The fourth-order valence-corrected chi connectivity index (χ4v) is 2.03. The van der Waals surface area contributed by atoms with Crippen LogP contribution >= 0.6 is 0 Å². The number of nitro benzene ring substituents is 1. The van der Waals surface area contributed by atoms with E-state index in [9.17, 15) is 28.5 Å². The molecule has 2 N–H and O–H groups in total. The zero-order valence-electron chi connectivity index (χ0n) is 14.0. The van der Waals surface area contributed by atoms with Crippen LogP contribution in [0.15, 0.2) is 47.6 Å². The molecular weight excluding hydrogens is 362 g/mol. The van der Waals surface area contributed by atoms with Crippen molar-refractivity contribution in [2.75, 3.05) is 5.32 Å². The molecule has 0 atom stereocenters. The monoisotopic (exact) mass is 376 g/mol. The molecule has 0 saturated carbocycles. The molecule has 0 bridgehead atoms. The zero-order valence-corrected chi connectivity index (χ0v) is 14.0. The van der Waals surface area contributed by atoms with Crippen LogP contribution in [0.5, 0.6) is 0 Å². The number of nitrogens with one attached hydrogen (secondary N) is 2. The lowest BCUT2D eigenvalue weighted by atomic mass is 10.2. The Hall–Kier alpha value is -3.69. The van der Waals surface area contributed by atoms with Crippen LogP contribution in [0.3, 0.4) is 0 Å². The van der Waals surface area contributed by atoms with E-state index in [1.54, 1.807) is 0 Å². The third-order valence-electron chi connectivity index (χ3n) is 3.29. The van der Waals surface area contributed by atoms with Gasteiger partial charge in [0, 0.05) is 29.5 Å². The molecule has 2 aromatic rings. The maximum atomic E-state index is 13.5. The number of nitrogens with zero attached hydrogens (tertiary/aromatic N) is 2. The van der Waals surface area contributed by atoms with E-state index in [2.05, 4.69) is 15.8 Å². The fourth-order valence-electron chi connectivity index (χ4n) is 2.03. The summed E-state index contributed by atoms with van der Waals surface area (Å²) in [6.45, 7) is 1.45. The van der Waals surface area contributed by atoms with Crippen LogP contribution in [0.1, 0.15) is 23.7 Å². The maximum Gasteiger partial charge on any atom is 0.271 e. The summed E-state index contributed by atoms with van der Waals surface area (Å²) < 4.78 is 26.3. The van der Waals surface area contributed by atoms with Gasteiger partial charge in [-0.15, -0.1) is 0 Å². The van der Waals surface area contributed by atoms with Crippen molar-refractivity contribution in [3.63, 3.8) is 0 Å². The number of benzene rings is 2. The van der Waals surface area contributed by atoms with Crippen molar-refractivity contribution in [2.45, 2.75) is 13.3 Å². The van der Waals surface area contributed by atoms with Gasteiger partial charge in [0.2, 0.25) is 5.91 Å². The average Bonchev–Trinajstić information content (AvgIpc) is 2.62. The predicted molar refractivity (Wildman–Crippen MR) is 93.3 cm³/mol. The number of nitro groups is 1. The van der Waals surface area contributed by atoms with Gasteiger partial charge in [0.05, 0.1) is 17.0 Å². The fraction of sp³-hybridized carbons (Fsp3) is 0.118. The van der Waals surface area contributed by atoms with Crippen LogP contribution in [0, 0.1) is 21.7 Å². The van der Waals surface area contributed by atoms with Crippen molar-refractivity contribution in [1.82, 2.24) is 5.43 Å². The minimum atomic E-state index is -0.920. The Kier molecular flexibility index (Phi) is 6.26. The molecule has 0 aliphatic carbocycles. The highest BCUT2D eigenvalue weighted by Gasteiger charge is 2.12. The number of rotatable bonds is 6. The summed E-state index contributed by atoms with van der Waals surface area (Å²) in [6.07, 6.45) is -0.258. The van der Waals surface area contributed by atoms with Crippen molar-refractivity contribution < 1.29 is 23.3 Å². The Bertz CT molecular complexity index is 931. The van der Waals surface area contributed by atoms with E-state index >= 15 is 0 Å². The van der Waals surface area contributed by atoms with E-state index in [1.165, 1.54) is 25.1 Å². The second-order valence-corrected chi connectivity index (χ2v) is 5.44. The number of hydrogen-bond acceptors (Lipinski definition) is 5. The second-order valence-electron chi connectivity index (χ2n) is 5.44. The summed E-state index contributed by atoms with van der Waals surface area (Å²) in [5.41, 5.74) is 1.97. The molecule has 2 rings (SSSR count). The van der Waals surface area contributed by atoms with Crippen molar-refractivity contribution in [1.29, 1.82) is 0 Å². The Morgan fingerprint density at radius 2 is 1.93 bits per heavy atom. The number of hydrogen-bond donors (Lipinski definition) is 2. The summed E-state index contributed by atoms with van der Waals surface area (Å²) in [4.78, 5) is 33.9. The van der Waals surface area contributed by atoms with Crippen molar-refractivity contribution in [2.24, 2.45) is 5.10 Å². The number of amides is 2. The molecule has 8 nitrogen and oxygen atoms in total. The van der Waals surface area contributed by atoms with Gasteiger partial charge in [-0.05, 0) is 25.1 Å². The standard InChI is InChI=1S/C17H14F2N4O4/c1-10(7-16(24)20-15-6-5-12(18)9-14(15)19)21-22-17(25)11-3-2-4-13(8-11)23(26)27/h2-6,8-9H,7H2,1H3,(H,20,24)(H,22,25)/b21-10-. The molecule has 0 radical (unpaired) electrons. The average molecular weight is 376 g/mol. The van der Waals surface area contributed by atoms with E-state index in [4.69, 9.17) is 0 Å². The summed E-state index contributed by atoms with van der Waals surface area (Å²) in [5, 5.41) is 16.7. The Labute approximate surface area is 152 Å². The zero-order chi connectivity index (χ0) is 20.0. The molecule has 0 aromatic heterocycles. The molecule has 2 amide bonds. The topological polar surface area (TPSA) is 114 Å². The third-order valence-corrected chi connectivity index (χ3v) is 3.29. The largest absolute Gasteiger partial charge is 0.323 e. The Balaban J connectivity index is 1.95. The van der Waals surface area contributed by atoms with Gasteiger partial charge < -0.3 is 5.32 Å². The van der Waals surface area contributed by atoms with E-state index < -0.39 is 28.4 Å². The van der Waals surface area contributed by atoms with Crippen molar-refractivity contribution >= 4 is 28.9 Å². The lowest BCUT2D eigenvalue weighted by Crippen LogP contribution is -2.21. The van der Waals surface area contributed by atoms with E-state index in [-0.39, 0.29) is 29.1 Å². The van der Waals surface area contributed by atoms with Crippen LogP contribution in [0.4, 0.5) is 20.2 Å². The first-order valence-corrected chi connectivity index (χ1v) is 7.59. The number of halogens is 2. The Morgan fingerprint density at radius 3 is 2.59 bits per heavy atom. The van der Waals surface area contributed by atoms with Gasteiger partial charge in [-0.2, -0.15) is 5.10 Å². The molecule has 10 heteroatoms. The van der Waals surface area contributed by atoms with E-state index in [0.29, 0.717) is 6.07 Å². The number of carbonyl (C=O) groups excluding carboxylic acids is 2. The first-order valence-electron chi connectivity index (χ1n) is 7.59. The third kappa shape index (κ3) is 5.66. The first kappa shape index (κ1) is 19.6. The molecular formula is C17H14F2N4O4. The molecule has 140 valence electrons. The maximum absolute atomic E-state index is 13.5. The smallest absolute Gasteiger partial charge is 0.271 e. The van der Waals surface area contributed by atoms with Gasteiger partial charge in [-0.3, -0.25) is 19.7 Å². The predicted octanol–water partition coefficient (Wildman–Crippen LogP) is 3.01. The molecule has 0 spiro atoms. The van der Waals surface area contributed by atoms with Crippen LogP contribution < -0.4 is 10.7 Å². The van der Waals surface area contributed by atoms with Crippen LogP contribution in [-0.2, 0) is 4.79 Å². The number of hydrazone groups is 1. The Morgan fingerprint density at radius 1 is 1.19 bits per heavy atom. The summed E-state index contributed by atoms with van der Waals surface area (Å²) in [7, 11) is 0. The van der Waals surface area contributed by atoms with Gasteiger partial charge in [0.1, 0.15) is 11.6 Å². The summed E-state index contributed by atoms with van der Waals surface area (Å²) in [6, 6.07) is 7.77. The highest BCUT2D eigenvalue weighted by atomic mass is 19.1.